The molecule has 21 heavy (non-hydrogen) atoms. The molecule has 0 fully saturated rings. The number of ketones is 1. The van der Waals surface area contributed by atoms with Crippen molar-refractivity contribution in [3.63, 3.8) is 0 Å². The highest BCUT2D eigenvalue weighted by molar-refractivity contribution is 9.10. The van der Waals surface area contributed by atoms with Crippen LogP contribution in [0.25, 0.3) is 10.9 Å². The smallest absolute Gasteiger partial charge is 0.387 e. The summed E-state index contributed by atoms with van der Waals surface area (Å²) >= 11 is 3.12. The lowest BCUT2D eigenvalue weighted by Gasteiger charge is -2.06. The van der Waals surface area contributed by atoms with E-state index >= 15 is 0 Å². The standard InChI is InChI=1S/C14H9BrF2N2O2/c1-2-7(6-18)13(20)11-3-8-4-12(21-14(16)17)9(15)5-10(8)19-11/h2-5,14,19H,1H3/b7-2+. The van der Waals surface area contributed by atoms with Crippen LogP contribution in [0, 0.1) is 11.3 Å². The minimum Gasteiger partial charge on any atom is -0.434 e. The molecule has 1 N–H and O–H groups in total. The number of nitrogens with one attached hydrogen (secondary N) is 1. The molecule has 1 aromatic heterocycles. The van der Waals surface area contributed by atoms with Gasteiger partial charge in [0.1, 0.15) is 11.8 Å². The highest BCUT2D eigenvalue weighted by Gasteiger charge is 2.16. The fourth-order valence-electron chi connectivity index (χ4n) is 1.83. The van der Waals surface area contributed by atoms with E-state index in [0.29, 0.717) is 15.4 Å². The second-order valence-electron chi connectivity index (χ2n) is 4.07. The summed E-state index contributed by atoms with van der Waals surface area (Å²) < 4.78 is 29.3. The summed E-state index contributed by atoms with van der Waals surface area (Å²) in [4.78, 5) is 14.9. The molecule has 0 aliphatic carbocycles. The Morgan fingerprint density at radius 2 is 2.19 bits per heavy atom. The van der Waals surface area contributed by atoms with E-state index < -0.39 is 12.4 Å². The number of hydrogen-bond acceptors (Lipinski definition) is 3. The number of carbonyl (C=O) groups excluding carboxylic acids is 1. The van der Waals surface area contributed by atoms with Gasteiger partial charge in [-0.05, 0) is 41.1 Å². The van der Waals surface area contributed by atoms with Crippen molar-refractivity contribution in [2.24, 2.45) is 0 Å². The Balaban J connectivity index is 2.48. The van der Waals surface area contributed by atoms with Gasteiger partial charge in [0.25, 0.3) is 0 Å². The molecule has 1 heterocycles. The van der Waals surface area contributed by atoms with Gasteiger partial charge in [0.15, 0.2) is 0 Å². The number of fused-ring (bicyclic) bond motifs is 1. The lowest BCUT2D eigenvalue weighted by Crippen LogP contribution is -2.02. The first kappa shape index (κ1) is 15.2. The second kappa shape index (κ2) is 6.06. The van der Waals surface area contributed by atoms with Crippen molar-refractivity contribution in [3.05, 3.63) is 40.0 Å². The molecule has 0 saturated carbocycles. The van der Waals surface area contributed by atoms with Crippen LogP contribution in [-0.4, -0.2) is 17.4 Å². The van der Waals surface area contributed by atoms with E-state index in [4.69, 9.17) is 5.26 Å². The monoisotopic (exact) mass is 354 g/mol. The Morgan fingerprint density at radius 3 is 2.76 bits per heavy atom. The Kier molecular flexibility index (Phi) is 4.38. The summed E-state index contributed by atoms with van der Waals surface area (Å²) in [7, 11) is 0. The number of allylic oxidation sites excluding steroid dienone is 2. The van der Waals surface area contributed by atoms with Crippen LogP contribution >= 0.6 is 15.9 Å². The molecule has 0 aliphatic rings. The van der Waals surface area contributed by atoms with Crippen LogP contribution < -0.4 is 4.74 Å². The Hall–Kier alpha value is -2.20. The minimum absolute atomic E-state index is 0.00433. The average Bonchev–Trinajstić information content (AvgIpc) is 2.82. The van der Waals surface area contributed by atoms with Gasteiger partial charge in [0, 0.05) is 10.9 Å². The minimum atomic E-state index is -2.94. The first-order valence-corrected chi connectivity index (χ1v) is 6.63. The summed E-state index contributed by atoms with van der Waals surface area (Å²) in [5, 5.41) is 9.39. The largest absolute Gasteiger partial charge is 0.434 e. The van der Waals surface area contributed by atoms with E-state index in [9.17, 15) is 13.6 Å². The molecule has 0 amide bonds. The third-order valence-electron chi connectivity index (χ3n) is 2.79. The number of ether oxygens (including phenoxy) is 1. The molecule has 0 unspecified atom stereocenters. The number of aromatic nitrogens is 1. The van der Waals surface area contributed by atoms with Crippen LogP contribution in [0.2, 0.25) is 0 Å². The number of aromatic amines is 1. The number of carbonyl (C=O) groups is 1. The predicted molar refractivity (Wildman–Crippen MR) is 76.3 cm³/mol. The van der Waals surface area contributed by atoms with E-state index in [1.165, 1.54) is 24.3 Å². The maximum atomic E-state index is 12.3. The molecule has 2 aromatic rings. The normalized spacial score (nSPS) is 11.7. The molecular weight excluding hydrogens is 346 g/mol. The van der Waals surface area contributed by atoms with Gasteiger partial charge < -0.3 is 9.72 Å². The van der Waals surface area contributed by atoms with Gasteiger partial charge in [-0.2, -0.15) is 14.0 Å². The van der Waals surface area contributed by atoms with Crippen molar-refractivity contribution in [3.8, 4) is 11.8 Å². The van der Waals surface area contributed by atoms with Gasteiger partial charge in [-0.25, -0.2) is 0 Å². The summed E-state index contributed by atoms with van der Waals surface area (Å²) in [6, 6.07) is 6.21. The summed E-state index contributed by atoms with van der Waals surface area (Å²) in [6.45, 7) is -1.35. The van der Waals surface area contributed by atoms with E-state index in [-0.39, 0.29) is 17.0 Å². The number of halogens is 3. The van der Waals surface area contributed by atoms with Crippen molar-refractivity contribution in [2.75, 3.05) is 0 Å². The lowest BCUT2D eigenvalue weighted by molar-refractivity contribution is -0.0502. The maximum Gasteiger partial charge on any atom is 0.387 e. The van der Waals surface area contributed by atoms with E-state index in [1.807, 2.05) is 0 Å². The molecule has 1 aromatic carbocycles. The highest BCUT2D eigenvalue weighted by atomic mass is 79.9. The number of rotatable bonds is 4. The molecular formula is C14H9BrF2N2O2. The van der Waals surface area contributed by atoms with Crippen LogP contribution in [0.1, 0.15) is 17.4 Å². The number of alkyl halides is 2. The molecule has 0 radical (unpaired) electrons. The van der Waals surface area contributed by atoms with Crippen molar-refractivity contribution in [2.45, 2.75) is 13.5 Å². The summed E-state index contributed by atoms with van der Waals surface area (Å²) in [6.07, 6.45) is 1.41. The summed E-state index contributed by atoms with van der Waals surface area (Å²) in [5.74, 6) is -0.481. The molecule has 108 valence electrons. The Morgan fingerprint density at radius 1 is 1.48 bits per heavy atom. The van der Waals surface area contributed by atoms with E-state index in [2.05, 4.69) is 25.7 Å². The molecule has 0 aliphatic heterocycles. The molecule has 0 atom stereocenters. The zero-order valence-electron chi connectivity index (χ0n) is 10.8. The molecule has 7 heteroatoms. The molecule has 4 nitrogen and oxygen atoms in total. The van der Waals surface area contributed by atoms with Crippen molar-refractivity contribution >= 4 is 32.6 Å². The first-order valence-electron chi connectivity index (χ1n) is 5.84. The number of benzene rings is 1. The van der Waals surface area contributed by atoms with Gasteiger partial charge in [-0.15, -0.1) is 0 Å². The quantitative estimate of drug-likeness (QED) is 0.508. The van der Waals surface area contributed by atoms with Crippen molar-refractivity contribution in [1.29, 1.82) is 5.26 Å². The van der Waals surface area contributed by atoms with Crippen LogP contribution in [0.4, 0.5) is 8.78 Å². The zero-order valence-corrected chi connectivity index (χ0v) is 12.4. The number of H-pyrrole nitrogens is 1. The lowest BCUT2D eigenvalue weighted by atomic mass is 10.1. The molecule has 0 bridgehead atoms. The fourth-order valence-corrected chi connectivity index (χ4v) is 2.27. The van der Waals surface area contributed by atoms with Gasteiger partial charge in [0.2, 0.25) is 5.78 Å². The molecule has 2 rings (SSSR count). The molecule has 0 spiro atoms. The summed E-state index contributed by atoms with van der Waals surface area (Å²) in [5.41, 5.74) is 0.783. The number of hydrogen-bond donors (Lipinski definition) is 1. The first-order chi connectivity index (χ1) is 9.96. The van der Waals surface area contributed by atoms with Crippen LogP contribution in [-0.2, 0) is 0 Å². The van der Waals surface area contributed by atoms with Crippen LogP contribution in [0.5, 0.6) is 5.75 Å². The van der Waals surface area contributed by atoms with Gasteiger partial charge in [-0.1, -0.05) is 6.08 Å². The Bertz CT molecular complexity index is 775. The Labute approximate surface area is 127 Å². The molecule has 0 saturated heterocycles. The number of Topliss-reactive ketones (excluding diaryl/α,β-unsaturated/α-hetero) is 1. The van der Waals surface area contributed by atoms with E-state index in [1.54, 1.807) is 13.0 Å². The fraction of sp³-hybridized carbons (Fsp3) is 0.143. The van der Waals surface area contributed by atoms with Gasteiger partial charge in [0.05, 0.1) is 15.7 Å². The number of nitriles is 1. The third kappa shape index (κ3) is 3.11. The van der Waals surface area contributed by atoms with Crippen LogP contribution in [0.3, 0.4) is 0 Å². The van der Waals surface area contributed by atoms with E-state index in [0.717, 1.165) is 0 Å². The van der Waals surface area contributed by atoms with Crippen molar-refractivity contribution < 1.29 is 18.3 Å². The highest BCUT2D eigenvalue weighted by Crippen LogP contribution is 2.32. The zero-order chi connectivity index (χ0) is 15.6. The van der Waals surface area contributed by atoms with Crippen molar-refractivity contribution in [1.82, 2.24) is 4.98 Å². The topological polar surface area (TPSA) is 65.9 Å². The van der Waals surface area contributed by atoms with Gasteiger partial charge >= 0.3 is 6.61 Å². The predicted octanol–water partition coefficient (Wildman–Crippen LogP) is 4.18. The van der Waals surface area contributed by atoms with Gasteiger partial charge in [-0.3, -0.25) is 4.79 Å². The second-order valence-corrected chi connectivity index (χ2v) is 4.93. The number of nitrogens with zero attached hydrogens (tertiary/aromatic N) is 1. The average molecular weight is 355 g/mol. The third-order valence-corrected chi connectivity index (χ3v) is 3.41. The SMILES string of the molecule is C/C=C(\C#N)C(=O)c1cc2cc(OC(F)F)c(Br)cc2[nH]1. The maximum absolute atomic E-state index is 12.3. The van der Waals surface area contributed by atoms with Crippen LogP contribution in [0.15, 0.2) is 34.3 Å².